The van der Waals surface area contributed by atoms with Crippen molar-refractivity contribution in [3.8, 4) is 17.3 Å². The lowest BCUT2D eigenvalue weighted by Crippen LogP contribution is -2.22. The van der Waals surface area contributed by atoms with Crippen LogP contribution in [-0.2, 0) is 6.54 Å². The maximum absolute atomic E-state index is 12.3. The standard InChI is InChI=1S/C16H15N9O2/c1-27-14-5-3-2-4-13(14)24-9-11(8-19-24)7-17-16(26)12-6-15(21-20-12)25-10-18-22-23-25/h2-6,8-10H,7H2,1H3,(H,17,26)(H,20,21). The Kier molecular flexibility index (Phi) is 4.31. The van der Waals surface area contributed by atoms with Gasteiger partial charge in [-0.2, -0.15) is 14.9 Å². The minimum atomic E-state index is -0.299. The third-order valence-corrected chi connectivity index (χ3v) is 3.81. The Morgan fingerprint density at radius 2 is 2.19 bits per heavy atom. The van der Waals surface area contributed by atoms with Gasteiger partial charge >= 0.3 is 0 Å². The zero-order valence-corrected chi connectivity index (χ0v) is 14.3. The van der Waals surface area contributed by atoms with Crippen LogP contribution in [0, 0.1) is 0 Å². The van der Waals surface area contributed by atoms with Gasteiger partial charge in [-0.15, -0.1) is 5.10 Å². The molecule has 11 nitrogen and oxygen atoms in total. The van der Waals surface area contributed by atoms with Gasteiger partial charge in [0, 0.05) is 24.4 Å². The van der Waals surface area contributed by atoms with Crippen LogP contribution in [0.4, 0.5) is 0 Å². The summed E-state index contributed by atoms with van der Waals surface area (Å²) in [5.41, 5.74) is 1.96. The number of nitrogens with one attached hydrogen (secondary N) is 2. The summed E-state index contributed by atoms with van der Waals surface area (Å²) >= 11 is 0. The number of para-hydroxylation sites is 2. The van der Waals surface area contributed by atoms with Crippen LogP contribution in [0.3, 0.4) is 0 Å². The number of H-pyrrole nitrogens is 1. The number of rotatable bonds is 6. The maximum atomic E-state index is 12.3. The Hall–Kier alpha value is -4.02. The summed E-state index contributed by atoms with van der Waals surface area (Å²) < 4.78 is 8.39. The molecule has 27 heavy (non-hydrogen) atoms. The first-order valence-corrected chi connectivity index (χ1v) is 7.98. The fourth-order valence-electron chi connectivity index (χ4n) is 2.49. The fourth-order valence-corrected chi connectivity index (χ4v) is 2.49. The number of hydrogen-bond donors (Lipinski definition) is 2. The summed E-state index contributed by atoms with van der Waals surface area (Å²) in [7, 11) is 1.61. The minimum absolute atomic E-state index is 0.299. The second-order valence-electron chi connectivity index (χ2n) is 5.54. The number of nitrogens with zero attached hydrogens (tertiary/aromatic N) is 7. The van der Waals surface area contributed by atoms with Crippen molar-refractivity contribution in [3.05, 3.63) is 60.3 Å². The molecule has 0 aliphatic carbocycles. The van der Waals surface area contributed by atoms with Crippen LogP contribution in [-0.4, -0.2) is 53.2 Å². The predicted molar refractivity (Wildman–Crippen MR) is 92.6 cm³/mol. The number of aromatic nitrogens is 8. The topological polar surface area (TPSA) is 128 Å². The van der Waals surface area contributed by atoms with Crippen LogP contribution in [0.15, 0.2) is 49.1 Å². The summed E-state index contributed by atoms with van der Waals surface area (Å²) in [6.45, 7) is 0.313. The summed E-state index contributed by atoms with van der Waals surface area (Å²) in [6.07, 6.45) is 4.91. The van der Waals surface area contributed by atoms with Gasteiger partial charge in [-0.05, 0) is 22.6 Å². The van der Waals surface area contributed by atoms with Gasteiger partial charge in [-0.3, -0.25) is 9.89 Å². The van der Waals surface area contributed by atoms with Crippen LogP contribution < -0.4 is 10.1 Å². The van der Waals surface area contributed by atoms with Crippen molar-refractivity contribution < 1.29 is 9.53 Å². The van der Waals surface area contributed by atoms with Crippen molar-refractivity contribution in [2.45, 2.75) is 6.54 Å². The molecule has 3 aromatic heterocycles. The second-order valence-corrected chi connectivity index (χ2v) is 5.54. The Morgan fingerprint density at radius 1 is 1.30 bits per heavy atom. The summed E-state index contributed by atoms with van der Waals surface area (Å²) in [4.78, 5) is 12.3. The number of hydrogen-bond acceptors (Lipinski definition) is 7. The van der Waals surface area contributed by atoms with Gasteiger partial charge in [0.25, 0.3) is 5.91 Å². The highest BCUT2D eigenvalue weighted by atomic mass is 16.5. The molecule has 0 saturated heterocycles. The van der Waals surface area contributed by atoms with Gasteiger partial charge in [-0.1, -0.05) is 12.1 Å². The highest BCUT2D eigenvalue weighted by Crippen LogP contribution is 2.21. The molecular weight excluding hydrogens is 350 g/mol. The van der Waals surface area contributed by atoms with Gasteiger partial charge in [0.05, 0.1) is 13.3 Å². The molecule has 136 valence electrons. The third-order valence-electron chi connectivity index (χ3n) is 3.81. The van der Waals surface area contributed by atoms with Crippen molar-refractivity contribution in [2.24, 2.45) is 0 Å². The average molecular weight is 365 g/mol. The van der Waals surface area contributed by atoms with E-state index in [9.17, 15) is 4.79 Å². The van der Waals surface area contributed by atoms with Gasteiger partial charge < -0.3 is 10.1 Å². The zero-order chi connectivity index (χ0) is 18.6. The quantitative estimate of drug-likeness (QED) is 0.509. The lowest BCUT2D eigenvalue weighted by molar-refractivity contribution is 0.0946. The van der Waals surface area contributed by atoms with E-state index in [4.69, 9.17) is 4.74 Å². The van der Waals surface area contributed by atoms with E-state index < -0.39 is 0 Å². The van der Waals surface area contributed by atoms with Gasteiger partial charge in [-0.25, -0.2) is 4.68 Å². The summed E-state index contributed by atoms with van der Waals surface area (Å²) in [5.74, 6) is 0.838. The molecule has 0 saturated carbocycles. The molecule has 4 aromatic rings. The lowest BCUT2D eigenvalue weighted by atomic mass is 10.3. The lowest BCUT2D eigenvalue weighted by Gasteiger charge is -2.07. The molecule has 0 aliphatic rings. The van der Waals surface area contributed by atoms with Crippen LogP contribution in [0.5, 0.6) is 5.75 Å². The molecule has 0 unspecified atom stereocenters. The third kappa shape index (κ3) is 3.38. The largest absolute Gasteiger partial charge is 0.494 e. The molecule has 0 atom stereocenters. The first-order valence-electron chi connectivity index (χ1n) is 7.98. The van der Waals surface area contributed by atoms with Crippen molar-refractivity contribution in [1.82, 2.24) is 45.5 Å². The zero-order valence-electron chi connectivity index (χ0n) is 14.3. The number of carbonyl (C=O) groups excluding carboxylic acids is 1. The number of methoxy groups -OCH3 is 1. The molecule has 4 rings (SSSR count). The first-order chi connectivity index (χ1) is 13.2. The molecule has 3 heterocycles. The van der Waals surface area contributed by atoms with Crippen molar-refractivity contribution in [1.29, 1.82) is 0 Å². The normalized spacial score (nSPS) is 10.7. The molecule has 0 spiro atoms. The van der Waals surface area contributed by atoms with E-state index in [-0.39, 0.29) is 5.91 Å². The van der Waals surface area contributed by atoms with Crippen LogP contribution in [0.2, 0.25) is 0 Å². The Labute approximate surface area is 153 Å². The van der Waals surface area contributed by atoms with E-state index in [0.29, 0.717) is 23.8 Å². The number of carbonyl (C=O) groups is 1. The van der Waals surface area contributed by atoms with E-state index in [1.807, 2.05) is 30.5 Å². The number of tetrazole rings is 1. The van der Waals surface area contributed by atoms with Crippen molar-refractivity contribution in [3.63, 3.8) is 0 Å². The number of amides is 1. The fraction of sp³-hybridized carbons (Fsp3) is 0.125. The van der Waals surface area contributed by atoms with Gasteiger partial charge in [0.2, 0.25) is 0 Å². The molecule has 0 aliphatic heterocycles. The molecule has 0 bridgehead atoms. The highest BCUT2D eigenvalue weighted by molar-refractivity contribution is 5.92. The monoisotopic (exact) mass is 365 g/mol. The number of ether oxygens (including phenoxy) is 1. The van der Waals surface area contributed by atoms with Crippen LogP contribution in [0.25, 0.3) is 11.5 Å². The van der Waals surface area contributed by atoms with E-state index in [1.165, 1.54) is 11.0 Å². The molecule has 2 N–H and O–H groups in total. The van der Waals surface area contributed by atoms with E-state index >= 15 is 0 Å². The molecule has 1 aromatic carbocycles. The molecule has 0 fully saturated rings. The number of benzene rings is 1. The smallest absolute Gasteiger partial charge is 0.269 e. The SMILES string of the molecule is COc1ccccc1-n1cc(CNC(=O)c2cc(-n3cnnn3)n[nH]2)cn1. The second kappa shape index (κ2) is 7.07. The summed E-state index contributed by atoms with van der Waals surface area (Å²) in [6, 6.07) is 9.12. The van der Waals surface area contributed by atoms with Crippen LogP contribution >= 0.6 is 0 Å². The summed E-state index contributed by atoms with van der Waals surface area (Å²) in [5, 5.41) is 24.6. The Balaban J connectivity index is 1.42. The van der Waals surface area contributed by atoms with E-state index in [1.54, 1.807) is 24.1 Å². The van der Waals surface area contributed by atoms with E-state index in [0.717, 1.165) is 11.3 Å². The maximum Gasteiger partial charge on any atom is 0.269 e. The Morgan fingerprint density at radius 3 is 3.00 bits per heavy atom. The Bertz CT molecular complexity index is 1050. The minimum Gasteiger partial charge on any atom is -0.494 e. The molecule has 11 heteroatoms. The first kappa shape index (κ1) is 16.4. The average Bonchev–Trinajstić information content (AvgIpc) is 3.47. The van der Waals surface area contributed by atoms with Gasteiger partial charge in [0.1, 0.15) is 23.5 Å². The molecule has 0 radical (unpaired) electrons. The molecule has 1 amide bonds. The predicted octanol–water partition coefficient (Wildman–Crippen LogP) is 0.510. The van der Waals surface area contributed by atoms with Gasteiger partial charge in [0.15, 0.2) is 5.82 Å². The number of aromatic amines is 1. The molecular formula is C16H15N9O2. The highest BCUT2D eigenvalue weighted by Gasteiger charge is 2.12. The van der Waals surface area contributed by atoms with Crippen molar-refractivity contribution >= 4 is 5.91 Å². The van der Waals surface area contributed by atoms with Crippen LogP contribution in [0.1, 0.15) is 16.1 Å². The van der Waals surface area contributed by atoms with E-state index in [2.05, 4.69) is 36.1 Å². The van der Waals surface area contributed by atoms with Crippen molar-refractivity contribution in [2.75, 3.05) is 7.11 Å².